The molecule has 0 aliphatic carbocycles. The Labute approximate surface area is 156 Å². The number of benzene rings is 2. The summed E-state index contributed by atoms with van der Waals surface area (Å²) in [6.07, 6.45) is -0.790. The van der Waals surface area contributed by atoms with Crippen molar-refractivity contribution in [1.29, 1.82) is 0 Å². The van der Waals surface area contributed by atoms with E-state index in [1.165, 1.54) is 4.31 Å². The topological polar surface area (TPSA) is 69.6 Å². The molecule has 0 saturated heterocycles. The summed E-state index contributed by atoms with van der Waals surface area (Å²) in [6, 6.07) is 16.8. The predicted molar refractivity (Wildman–Crippen MR) is 104 cm³/mol. The minimum atomic E-state index is -3.61. The molecule has 0 spiro atoms. The second-order valence-corrected chi connectivity index (χ2v) is 8.40. The van der Waals surface area contributed by atoms with E-state index in [-0.39, 0.29) is 17.5 Å². The van der Waals surface area contributed by atoms with Crippen molar-refractivity contribution in [1.82, 2.24) is 9.62 Å². The van der Waals surface area contributed by atoms with Gasteiger partial charge in [-0.3, -0.25) is 0 Å². The molecule has 6 heteroatoms. The third-order valence-corrected chi connectivity index (χ3v) is 6.34. The molecule has 0 aromatic heterocycles. The lowest BCUT2D eigenvalue weighted by Crippen LogP contribution is -2.41. The van der Waals surface area contributed by atoms with Gasteiger partial charge in [-0.05, 0) is 31.5 Å². The Kier molecular flexibility index (Phi) is 7.34. The first-order valence-corrected chi connectivity index (χ1v) is 10.3. The van der Waals surface area contributed by atoms with Crippen molar-refractivity contribution in [3.8, 4) is 0 Å². The summed E-state index contributed by atoms with van der Waals surface area (Å²) in [5.41, 5.74) is 2.13. The molecule has 2 atom stereocenters. The van der Waals surface area contributed by atoms with Gasteiger partial charge in [0.25, 0.3) is 0 Å². The highest BCUT2D eigenvalue weighted by molar-refractivity contribution is 7.89. The number of rotatable bonds is 9. The van der Waals surface area contributed by atoms with Gasteiger partial charge in [-0.15, -0.1) is 0 Å². The van der Waals surface area contributed by atoms with E-state index >= 15 is 0 Å². The third kappa shape index (κ3) is 5.38. The van der Waals surface area contributed by atoms with Crippen molar-refractivity contribution in [3.63, 3.8) is 0 Å². The molecular weight excluding hydrogens is 348 g/mol. The molecule has 2 N–H and O–H groups in total. The summed E-state index contributed by atoms with van der Waals surface area (Å²) >= 11 is 0. The molecule has 2 unspecified atom stereocenters. The number of sulfonamides is 1. The van der Waals surface area contributed by atoms with E-state index in [9.17, 15) is 13.5 Å². The third-order valence-electron chi connectivity index (χ3n) is 4.39. The second-order valence-electron chi connectivity index (χ2n) is 6.46. The maximum Gasteiger partial charge on any atom is 0.243 e. The fourth-order valence-corrected chi connectivity index (χ4v) is 4.21. The van der Waals surface area contributed by atoms with Crippen LogP contribution in [0.1, 0.15) is 31.0 Å². The molecule has 26 heavy (non-hydrogen) atoms. The van der Waals surface area contributed by atoms with Crippen LogP contribution in [0.4, 0.5) is 0 Å². The Morgan fingerprint density at radius 3 is 2.27 bits per heavy atom. The van der Waals surface area contributed by atoms with Gasteiger partial charge >= 0.3 is 0 Å². The lowest BCUT2D eigenvalue weighted by molar-refractivity contribution is 0.142. The Morgan fingerprint density at radius 1 is 1.08 bits per heavy atom. The molecule has 2 rings (SSSR count). The van der Waals surface area contributed by atoms with Crippen molar-refractivity contribution in [2.24, 2.45) is 0 Å². The van der Waals surface area contributed by atoms with Gasteiger partial charge in [0.15, 0.2) is 0 Å². The standard InChI is InChI=1S/C20H28N2O3S/c1-4-22(26(24,25)20-12-10-16(2)11-13-20)15-19(23)14-21-17(3)18-8-6-5-7-9-18/h5-13,17,19,21,23H,4,14-15H2,1-3H3. The van der Waals surface area contributed by atoms with Crippen LogP contribution < -0.4 is 5.32 Å². The van der Waals surface area contributed by atoms with Crippen molar-refractivity contribution < 1.29 is 13.5 Å². The monoisotopic (exact) mass is 376 g/mol. The fourth-order valence-electron chi connectivity index (χ4n) is 2.73. The molecule has 0 fully saturated rings. The largest absolute Gasteiger partial charge is 0.390 e. The summed E-state index contributed by atoms with van der Waals surface area (Å²) in [4.78, 5) is 0.253. The summed E-state index contributed by atoms with van der Waals surface area (Å²) < 4.78 is 26.8. The molecule has 5 nitrogen and oxygen atoms in total. The van der Waals surface area contributed by atoms with E-state index in [1.54, 1.807) is 31.2 Å². The average Bonchev–Trinajstić information content (AvgIpc) is 2.65. The van der Waals surface area contributed by atoms with Crippen LogP contribution in [0, 0.1) is 6.92 Å². The van der Waals surface area contributed by atoms with Crippen molar-refractivity contribution in [2.75, 3.05) is 19.6 Å². The quantitative estimate of drug-likeness (QED) is 0.706. The van der Waals surface area contributed by atoms with Crippen molar-refractivity contribution in [3.05, 3.63) is 65.7 Å². The first kappa shape index (κ1) is 20.6. The van der Waals surface area contributed by atoms with Gasteiger partial charge < -0.3 is 10.4 Å². The molecule has 0 radical (unpaired) electrons. The zero-order valence-corrected chi connectivity index (χ0v) is 16.4. The highest BCUT2D eigenvalue weighted by Crippen LogP contribution is 2.17. The Balaban J connectivity index is 1.97. The van der Waals surface area contributed by atoms with Gasteiger partial charge in [0.1, 0.15) is 0 Å². The van der Waals surface area contributed by atoms with Crippen LogP contribution in [-0.2, 0) is 10.0 Å². The number of likely N-dealkylation sites (N-methyl/N-ethyl adjacent to an activating group) is 1. The smallest absolute Gasteiger partial charge is 0.243 e. The summed E-state index contributed by atoms with van der Waals surface area (Å²) in [5.74, 6) is 0. The van der Waals surface area contributed by atoms with Crippen LogP contribution in [-0.4, -0.2) is 43.6 Å². The Bertz CT molecular complexity index is 776. The zero-order valence-electron chi connectivity index (χ0n) is 15.6. The van der Waals surface area contributed by atoms with Gasteiger partial charge in [-0.25, -0.2) is 8.42 Å². The van der Waals surface area contributed by atoms with Crippen LogP contribution in [0.2, 0.25) is 0 Å². The molecule has 0 aliphatic heterocycles. The van der Waals surface area contributed by atoms with E-state index in [2.05, 4.69) is 5.32 Å². The van der Waals surface area contributed by atoms with E-state index in [0.717, 1.165) is 11.1 Å². The van der Waals surface area contributed by atoms with Gasteiger partial charge in [-0.2, -0.15) is 4.31 Å². The number of hydrogen-bond acceptors (Lipinski definition) is 4. The van der Waals surface area contributed by atoms with Gasteiger partial charge in [-0.1, -0.05) is 55.0 Å². The molecule has 142 valence electrons. The molecule has 0 aliphatic rings. The lowest BCUT2D eigenvalue weighted by Gasteiger charge is -2.24. The van der Waals surface area contributed by atoms with E-state index < -0.39 is 16.1 Å². The predicted octanol–water partition coefficient (Wildman–Crippen LogP) is 2.72. The number of aryl methyl sites for hydroxylation is 1. The molecule has 0 saturated carbocycles. The Morgan fingerprint density at radius 2 is 1.69 bits per heavy atom. The van der Waals surface area contributed by atoms with Gasteiger partial charge in [0, 0.05) is 25.7 Å². The first-order chi connectivity index (χ1) is 12.3. The van der Waals surface area contributed by atoms with Crippen LogP contribution in [0.25, 0.3) is 0 Å². The minimum absolute atomic E-state index is 0.0568. The van der Waals surface area contributed by atoms with Crippen LogP contribution in [0.15, 0.2) is 59.5 Å². The number of hydrogen-bond donors (Lipinski definition) is 2. The summed E-state index contributed by atoms with van der Waals surface area (Å²) in [6.45, 7) is 6.39. The fraction of sp³-hybridized carbons (Fsp3) is 0.400. The normalized spacial score (nSPS) is 14.3. The maximum atomic E-state index is 12.8. The highest BCUT2D eigenvalue weighted by Gasteiger charge is 2.25. The molecule has 2 aromatic rings. The van der Waals surface area contributed by atoms with Gasteiger partial charge in [0.05, 0.1) is 11.0 Å². The van der Waals surface area contributed by atoms with E-state index in [4.69, 9.17) is 0 Å². The molecule has 0 bridgehead atoms. The number of nitrogens with zero attached hydrogens (tertiary/aromatic N) is 1. The van der Waals surface area contributed by atoms with Crippen molar-refractivity contribution >= 4 is 10.0 Å². The molecule has 0 heterocycles. The van der Waals surface area contributed by atoms with Crippen LogP contribution >= 0.6 is 0 Å². The zero-order chi connectivity index (χ0) is 19.2. The summed E-state index contributed by atoms with van der Waals surface area (Å²) in [5, 5.41) is 13.6. The number of aliphatic hydroxyl groups is 1. The second kappa shape index (κ2) is 9.28. The Hall–Kier alpha value is -1.73. The highest BCUT2D eigenvalue weighted by atomic mass is 32.2. The van der Waals surface area contributed by atoms with E-state index in [0.29, 0.717) is 13.1 Å². The maximum absolute atomic E-state index is 12.8. The van der Waals surface area contributed by atoms with Gasteiger partial charge in [0.2, 0.25) is 10.0 Å². The minimum Gasteiger partial charge on any atom is -0.390 e. The average molecular weight is 377 g/mol. The van der Waals surface area contributed by atoms with Crippen molar-refractivity contribution in [2.45, 2.75) is 37.8 Å². The number of nitrogens with one attached hydrogen (secondary N) is 1. The SMILES string of the molecule is CCN(CC(O)CNC(C)c1ccccc1)S(=O)(=O)c1ccc(C)cc1. The van der Waals surface area contributed by atoms with Crippen LogP contribution in [0.5, 0.6) is 0 Å². The molecule has 0 amide bonds. The summed E-state index contributed by atoms with van der Waals surface area (Å²) in [7, 11) is -3.61. The van der Waals surface area contributed by atoms with E-state index in [1.807, 2.05) is 44.2 Å². The first-order valence-electron chi connectivity index (χ1n) is 8.87. The van der Waals surface area contributed by atoms with Crippen LogP contribution in [0.3, 0.4) is 0 Å². The lowest BCUT2D eigenvalue weighted by atomic mass is 10.1. The number of aliphatic hydroxyl groups excluding tert-OH is 1. The molecule has 2 aromatic carbocycles. The molecular formula is C20H28N2O3S.